The van der Waals surface area contributed by atoms with E-state index in [1.165, 1.54) is 16.4 Å². The van der Waals surface area contributed by atoms with Crippen LogP contribution in [0, 0.1) is 18.3 Å². The van der Waals surface area contributed by atoms with Gasteiger partial charge < -0.3 is 11.2 Å². The Kier molecular flexibility index (Phi) is 5.43. The first kappa shape index (κ1) is 18.5. The summed E-state index contributed by atoms with van der Waals surface area (Å²) in [4.78, 5) is 12.4. The molecule has 3 rings (SSSR count). The van der Waals surface area contributed by atoms with Crippen molar-refractivity contribution >= 4 is 23.4 Å². The van der Waals surface area contributed by atoms with Gasteiger partial charge in [0.05, 0.1) is 16.9 Å². The van der Waals surface area contributed by atoms with Crippen LogP contribution >= 0.6 is 11.8 Å². The van der Waals surface area contributed by atoms with Crippen LogP contribution in [0.25, 0.3) is 11.4 Å². The topological polar surface area (TPSA) is 110 Å². The van der Waals surface area contributed by atoms with E-state index in [1.54, 1.807) is 31.2 Å². The number of thioether (sulfide) groups is 1. The summed E-state index contributed by atoms with van der Waals surface area (Å²) in [7, 11) is 0. The van der Waals surface area contributed by atoms with Gasteiger partial charge in [-0.25, -0.2) is 4.68 Å². The second-order valence-corrected chi connectivity index (χ2v) is 7.24. The van der Waals surface area contributed by atoms with Gasteiger partial charge in [-0.15, -0.1) is 10.2 Å². The minimum atomic E-state index is -0.452. The lowest BCUT2D eigenvalue weighted by Crippen LogP contribution is -2.23. The maximum Gasteiger partial charge on any atom is 0.237 e. The van der Waals surface area contributed by atoms with Crippen LogP contribution in [0.4, 0.5) is 5.69 Å². The van der Waals surface area contributed by atoms with E-state index in [4.69, 9.17) is 11.1 Å². The van der Waals surface area contributed by atoms with Gasteiger partial charge in [0.15, 0.2) is 5.82 Å². The number of benzene rings is 2. The molecule has 0 fully saturated rings. The zero-order chi connectivity index (χ0) is 19.4. The predicted molar refractivity (Wildman–Crippen MR) is 105 cm³/mol. The summed E-state index contributed by atoms with van der Waals surface area (Å²) in [5, 5.41) is 20.0. The maximum atomic E-state index is 12.4. The lowest BCUT2D eigenvalue weighted by Gasteiger charge is -2.12. The monoisotopic (exact) mass is 378 g/mol. The van der Waals surface area contributed by atoms with Crippen molar-refractivity contribution in [3.8, 4) is 17.5 Å². The largest absolute Gasteiger partial charge is 0.335 e. The van der Waals surface area contributed by atoms with Gasteiger partial charge in [-0.1, -0.05) is 42.1 Å². The highest BCUT2D eigenvalue weighted by atomic mass is 32.2. The van der Waals surface area contributed by atoms with E-state index >= 15 is 0 Å². The van der Waals surface area contributed by atoms with E-state index in [2.05, 4.69) is 15.5 Å². The number of nitrogen functional groups attached to an aromatic ring is 1. The molecule has 3 N–H and O–H groups in total. The Bertz CT molecular complexity index is 1020. The molecule has 1 atom stereocenters. The van der Waals surface area contributed by atoms with Crippen LogP contribution in [0.5, 0.6) is 0 Å². The third kappa shape index (κ3) is 4.10. The van der Waals surface area contributed by atoms with E-state index in [0.29, 0.717) is 22.2 Å². The van der Waals surface area contributed by atoms with Gasteiger partial charge in [0.25, 0.3) is 0 Å². The lowest BCUT2D eigenvalue weighted by atomic mass is 10.1. The molecule has 0 saturated carbocycles. The average Bonchev–Trinajstić information content (AvgIpc) is 3.02. The first-order chi connectivity index (χ1) is 13.0. The van der Waals surface area contributed by atoms with Gasteiger partial charge in [0, 0.05) is 11.3 Å². The zero-order valence-corrected chi connectivity index (χ0v) is 15.7. The summed E-state index contributed by atoms with van der Waals surface area (Å²) >= 11 is 1.22. The molecule has 2 aromatic carbocycles. The second-order valence-electron chi connectivity index (χ2n) is 5.93. The molecule has 0 aliphatic rings. The number of carbonyl (C=O) groups excluding carboxylic acids is 1. The van der Waals surface area contributed by atoms with Crippen LogP contribution < -0.4 is 11.2 Å². The number of hydrogen-bond donors (Lipinski definition) is 2. The smallest absolute Gasteiger partial charge is 0.237 e. The van der Waals surface area contributed by atoms with E-state index in [1.807, 2.05) is 37.3 Å². The standard InChI is InChI=1S/C19H18N6OS/c1-12-6-3-4-9-16(12)17-23-24-19(25(17)21)27-13(2)18(26)22-15-8-5-7-14(10-15)11-20/h3-10,13H,21H2,1-2H3,(H,22,26)/t13-/m0/s1. The molecule has 27 heavy (non-hydrogen) atoms. The number of rotatable bonds is 5. The van der Waals surface area contributed by atoms with Gasteiger partial charge in [-0.05, 0) is 37.6 Å². The summed E-state index contributed by atoms with van der Waals surface area (Å²) in [6, 6.07) is 16.6. The Morgan fingerprint density at radius 2 is 2.04 bits per heavy atom. The third-order valence-corrected chi connectivity index (χ3v) is 5.02. The highest BCUT2D eigenvalue weighted by molar-refractivity contribution is 8.00. The van der Waals surface area contributed by atoms with Crippen molar-refractivity contribution < 1.29 is 4.79 Å². The van der Waals surface area contributed by atoms with Crippen LogP contribution in [0.2, 0.25) is 0 Å². The van der Waals surface area contributed by atoms with Gasteiger partial charge in [-0.2, -0.15) is 5.26 Å². The number of nitrogens with two attached hydrogens (primary N) is 1. The van der Waals surface area contributed by atoms with E-state index < -0.39 is 5.25 Å². The first-order valence-corrected chi connectivity index (χ1v) is 9.11. The number of nitrogens with zero attached hydrogens (tertiary/aromatic N) is 4. The molecule has 1 amide bonds. The fourth-order valence-corrected chi connectivity index (χ4v) is 3.26. The van der Waals surface area contributed by atoms with Crippen molar-refractivity contribution in [1.82, 2.24) is 14.9 Å². The number of amides is 1. The highest BCUT2D eigenvalue weighted by Gasteiger charge is 2.20. The highest BCUT2D eigenvalue weighted by Crippen LogP contribution is 2.27. The molecule has 0 aliphatic carbocycles. The van der Waals surface area contributed by atoms with Crippen molar-refractivity contribution in [1.29, 1.82) is 5.26 Å². The molecule has 0 radical (unpaired) electrons. The van der Waals surface area contributed by atoms with Gasteiger partial charge >= 0.3 is 0 Å². The van der Waals surface area contributed by atoms with E-state index in [-0.39, 0.29) is 5.91 Å². The van der Waals surface area contributed by atoms with Crippen LogP contribution in [-0.4, -0.2) is 26.0 Å². The maximum absolute atomic E-state index is 12.4. The number of hydrogen-bond acceptors (Lipinski definition) is 6. The average molecular weight is 378 g/mol. The third-order valence-electron chi connectivity index (χ3n) is 3.96. The molecule has 8 heteroatoms. The second kappa shape index (κ2) is 7.93. The lowest BCUT2D eigenvalue weighted by molar-refractivity contribution is -0.115. The van der Waals surface area contributed by atoms with E-state index in [0.717, 1.165) is 11.1 Å². The molecule has 136 valence electrons. The van der Waals surface area contributed by atoms with Crippen molar-refractivity contribution in [2.75, 3.05) is 11.2 Å². The Hall–Kier alpha value is -3.31. The number of aromatic nitrogens is 3. The normalized spacial score (nSPS) is 11.6. The van der Waals surface area contributed by atoms with Crippen LogP contribution in [0.15, 0.2) is 53.7 Å². The number of nitriles is 1. The molecule has 3 aromatic rings. The van der Waals surface area contributed by atoms with Crippen molar-refractivity contribution in [3.05, 3.63) is 59.7 Å². The summed E-state index contributed by atoms with van der Waals surface area (Å²) in [6.45, 7) is 3.73. The summed E-state index contributed by atoms with van der Waals surface area (Å²) in [6.07, 6.45) is 0. The Morgan fingerprint density at radius 1 is 1.26 bits per heavy atom. The summed E-state index contributed by atoms with van der Waals surface area (Å²) in [5.41, 5.74) is 2.99. The molecule has 0 saturated heterocycles. The number of aryl methyl sites for hydroxylation is 1. The summed E-state index contributed by atoms with van der Waals surface area (Å²) in [5.74, 6) is 6.48. The molecule has 1 aromatic heterocycles. The van der Waals surface area contributed by atoms with Crippen LogP contribution in [0.3, 0.4) is 0 Å². The summed E-state index contributed by atoms with van der Waals surface area (Å²) < 4.78 is 1.40. The van der Waals surface area contributed by atoms with Gasteiger partial charge in [-0.3, -0.25) is 4.79 Å². The number of anilines is 1. The minimum Gasteiger partial charge on any atom is -0.335 e. The van der Waals surface area contributed by atoms with Crippen LogP contribution in [-0.2, 0) is 4.79 Å². The SMILES string of the molecule is Cc1ccccc1-c1nnc(S[C@@H](C)C(=O)Nc2cccc(C#N)c2)n1N. The van der Waals surface area contributed by atoms with Gasteiger partial charge in [0.2, 0.25) is 11.1 Å². The zero-order valence-electron chi connectivity index (χ0n) is 14.9. The molecule has 0 spiro atoms. The van der Waals surface area contributed by atoms with Crippen LogP contribution in [0.1, 0.15) is 18.1 Å². The van der Waals surface area contributed by atoms with Crippen molar-refractivity contribution in [3.63, 3.8) is 0 Å². The molecular formula is C19H18N6OS. The molecular weight excluding hydrogens is 360 g/mol. The number of nitrogens with one attached hydrogen (secondary N) is 1. The quantitative estimate of drug-likeness (QED) is 0.522. The predicted octanol–water partition coefficient (Wildman–Crippen LogP) is 2.96. The molecule has 0 unspecified atom stereocenters. The van der Waals surface area contributed by atoms with Gasteiger partial charge in [0.1, 0.15) is 0 Å². The fraction of sp³-hybridized carbons (Fsp3) is 0.158. The molecule has 7 nitrogen and oxygen atoms in total. The molecule has 1 heterocycles. The Labute approximate surface area is 161 Å². The minimum absolute atomic E-state index is 0.212. The fourth-order valence-electron chi connectivity index (χ4n) is 2.49. The first-order valence-electron chi connectivity index (χ1n) is 8.23. The molecule has 0 bridgehead atoms. The number of carbonyl (C=O) groups is 1. The van der Waals surface area contributed by atoms with E-state index in [9.17, 15) is 4.79 Å². The Morgan fingerprint density at radius 3 is 2.78 bits per heavy atom. The van der Waals surface area contributed by atoms with Crippen molar-refractivity contribution in [2.24, 2.45) is 0 Å². The van der Waals surface area contributed by atoms with Crippen molar-refractivity contribution in [2.45, 2.75) is 24.3 Å². The Balaban J connectivity index is 1.73. The molecule has 0 aliphatic heterocycles.